The maximum Gasteiger partial charge on any atom is 0.573 e. The van der Waals surface area contributed by atoms with Gasteiger partial charge in [-0.1, -0.05) is 12.1 Å². The summed E-state index contributed by atoms with van der Waals surface area (Å²) in [6.45, 7) is 3.72. The largest absolute Gasteiger partial charge is 0.573 e. The lowest BCUT2D eigenvalue weighted by Crippen LogP contribution is -2.37. The van der Waals surface area contributed by atoms with Gasteiger partial charge < -0.3 is 15.2 Å². The minimum absolute atomic E-state index is 0.253. The summed E-state index contributed by atoms with van der Waals surface area (Å²) in [6.07, 6.45) is 2.34. The smallest absolute Gasteiger partial charge is 0.406 e. The van der Waals surface area contributed by atoms with Crippen LogP contribution in [0.15, 0.2) is 42.7 Å². The van der Waals surface area contributed by atoms with Crippen molar-refractivity contribution in [3.63, 3.8) is 0 Å². The number of hydrogen-bond acceptors (Lipinski definition) is 5. The highest BCUT2D eigenvalue weighted by Crippen LogP contribution is 2.34. The average Bonchev–Trinajstić information content (AvgIpc) is 3.10. The fourth-order valence-corrected chi connectivity index (χ4v) is 4.17. The Morgan fingerprint density at radius 1 is 1.13 bits per heavy atom. The summed E-state index contributed by atoms with van der Waals surface area (Å²) in [4.78, 5) is 4.65. The molecule has 1 aromatic carbocycles. The van der Waals surface area contributed by atoms with E-state index in [1.54, 1.807) is 23.0 Å². The molecule has 1 aliphatic rings. The van der Waals surface area contributed by atoms with Crippen LogP contribution in [0, 0.1) is 5.92 Å². The Balaban J connectivity index is 1.53. The van der Waals surface area contributed by atoms with Gasteiger partial charge in [0.05, 0.1) is 11.8 Å². The molecule has 31 heavy (non-hydrogen) atoms. The number of alkyl halides is 3. The van der Waals surface area contributed by atoms with E-state index in [0.717, 1.165) is 25.7 Å². The van der Waals surface area contributed by atoms with Crippen molar-refractivity contribution in [2.24, 2.45) is 5.92 Å². The minimum Gasteiger partial charge on any atom is -0.406 e. The van der Waals surface area contributed by atoms with E-state index in [9.17, 15) is 18.3 Å². The van der Waals surface area contributed by atoms with E-state index >= 15 is 0 Å². The monoisotopic (exact) mass is 434 g/mol. The van der Waals surface area contributed by atoms with Gasteiger partial charge in [-0.05, 0) is 69.2 Å². The van der Waals surface area contributed by atoms with Gasteiger partial charge in [0.1, 0.15) is 11.6 Å². The van der Waals surface area contributed by atoms with E-state index in [0.29, 0.717) is 22.6 Å². The van der Waals surface area contributed by atoms with Gasteiger partial charge in [0, 0.05) is 17.8 Å². The van der Waals surface area contributed by atoms with Crippen LogP contribution in [0.4, 0.5) is 19.0 Å². The first-order valence-electron chi connectivity index (χ1n) is 10.3. The summed E-state index contributed by atoms with van der Waals surface area (Å²) in [5, 5.41) is 17.9. The number of aromatic nitrogens is 3. The highest BCUT2D eigenvalue weighted by Gasteiger charge is 2.32. The molecule has 3 aromatic rings. The molecular formula is C22H25F3N4O2. The van der Waals surface area contributed by atoms with Crippen molar-refractivity contribution in [2.75, 3.05) is 5.32 Å². The van der Waals surface area contributed by atoms with E-state index in [4.69, 9.17) is 0 Å². The van der Waals surface area contributed by atoms with Crippen LogP contribution in [0.5, 0.6) is 5.75 Å². The number of nitrogens with one attached hydrogen (secondary N) is 1. The Morgan fingerprint density at radius 3 is 2.55 bits per heavy atom. The van der Waals surface area contributed by atoms with Crippen LogP contribution in [-0.2, 0) is 0 Å². The fraction of sp³-hybridized carbons (Fsp3) is 0.455. The lowest BCUT2D eigenvalue weighted by Gasteiger charge is -2.36. The van der Waals surface area contributed by atoms with E-state index in [1.807, 2.05) is 19.9 Å². The molecule has 0 radical (unpaired) electrons. The zero-order chi connectivity index (χ0) is 22.2. The van der Waals surface area contributed by atoms with Gasteiger partial charge in [0.2, 0.25) is 0 Å². The average molecular weight is 434 g/mol. The summed E-state index contributed by atoms with van der Waals surface area (Å²) >= 11 is 0. The van der Waals surface area contributed by atoms with Crippen LogP contribution in [0.2, 0.25) is 0 Å². The predicted molar refractivity (Wildman–Crippen MR) is 111 cm³/mol. The first-order chi connectivity index (χ1) is 14.6. The third kappa shape index (κ3) is 5.10. The molecule has 0 saturated heterocycles. The van der Waals surface area contributed by atoms with Crippen molar-refractivity contribution < 1.29 is 23.0 Å². The lowest BCUT2D eigenvalue weighted by molar-refractivity contribution is -0.274. The molecule has 0 unspecified atom stereocenters. The van der Waals surface area contributed by atoms with Gasteiger partial charge in [0.15, 0.2) is 5.65 Å². The molecule has 6 nitrogen and oxygen atoms in total. The molecule has 1 saturated carbocycles. The normalized spacial score (nSPS) is 20.1. The second-order valence-electron chi connectivity index (χ2n) is 8.56. The zero-order valence-corrected chi connectivity index (χ0v) is 17.4. The van der Waals surface area contributed by atoms with E-state index < -0.39 is 12.0 Å². The molecule has 9 heteroatoms. The van der Waals surface area contributed by atoms with Crippen molar-refractivity contribution >= 4 is 11.5 Å². The Morgan fingerprint density at radius 2 is 1.87 bits per heavy atom. The highest BCUT2D eigenvalue weighted by atomic mass is 19.4. The van der Waals surface area contributed by atoms with Crippen LogP contribution >= 0.6 is 0 Å². The Kier molecular flexibility index (Phi) is 5.55. The number of fused-ring (bicyclic) bond motifs is 1. The number of aliphatic hydroxyl groups is 1. The number of halogens is 3. The van der Waals surface area contributed by atoms with Crippen molar-refractivity contribution in [2.45, 2.75) is 57.5 Å². The summed E-state index contributed by atoms with van der Waals surface area (Å²) < 4.78 is 43.3. The molecule has 0 bridgehead atoms. The van der Waals surface area contributed by atoms with E-state index in [-0.39, 0.29) is 17.7 Å². The zero-order valence-electron chi connectivity index (χ0n) is 17.4. The molecule has 0 aliphatic heterocycles. The molecule has 0 spiro atoms. The molecule has 2 heterocycles. The number of anilines is 1. The minimum atomic E-state index is -4.75. The molecule has 166 valence electrons. The van der Waals surface area contributed by atoms with Crippen molar-refractivity contribution in [3.8, 4) is 16.9 Å². The van der Waals surface area contributed by atoms with Gasteiger partial charge in [0.25, 0.3) is 0 Å². The molecular weight excluding hydrogens is 409 g/mol. The number of ether oxygens (including phenoxy) is 1. The number of nitrogens with zero attached hydrogens (tertiary/aromatic N) is 3. The van der Waals surface area contributed by atoms with Crippen LogP contribution in [0.25, 0.3) is 16.8 Å². The summed E-state index contributed by atoms with van der Waals surface area (Å²) in [7, 11) is 0. The maximum absolute atomic E-state index is 12.6. The van der Waals surface area contributed by atoms with Crippen molar-refractivity contribution in [1.82, 2.24) is 14.6 Å². The van der Waals surface area contributed by atoms with Crippen LogP contribution in [0.3, 0.4) is 0 Å². The van der Waals surface area contributed by atoms with Gasteiger partial charge in [-0.2, -0.15) is 5.10 Å². The summed E-state index contributed by atoms with van der Waals surface area (Å²) in [5.41, 5.74) is 1.02. The second kappa shape index (κ2) is 8.03. The SMILES string of the molecule is CC(C)(O)[C@H]1CC[C@H](Nc2ccn3ncc(-c4cccc(OC(F)(F)F)c4)c3n2)CC1. The molecule has 1 aliphatic carbocycles. The van der Waals surface area contributed by atoms with Gasteiger partial charge in [-0.3, -0.25) is 0 Å². The Labute approximate surface area is 178 Å². The number of hydrogen-bond donors (Lipinski definition) is 2. The van der Waals surface area contributed by atoms with Crippen LogP contribution in [-0.4, -0.2) is 37.7 Å². The molecule has 2 N–H and O–H groups in total. The standard InChI is InChI=1S/C22H25F3N4O2/c1-21(2,30)15-6-8-16(9-7-15)27-19-10-11-29-20(28-19)18(13-26-29)14-4-3-5-17(12-14)31-22(23,24)25/h3-5,10-13,15-16,30H,6-9H2,1-2H3,(H,27,28)/t15-,16-. The summed E-state index contributed by atoms with van der Waals surface area (Å²) in [6, 6.07) is 7.86. The van der Waals surface area contributed by atoms with Gasteiger partial charge >= 0.3 is 6.36 Å². The van der Waals surface area contributed by atoms with Crippen molar-refractivity contribution in [1.29, 1.82) is 0 Å². The molecule has 2 aromatic heterocycles. The quantitative estimate of drug-likeness (QED) is 0.589. The Hall–Kier alpha value is -2.81. The third-order valence-electron chi connectivity index (χ3n) is 5.83. The number of rotatable bonds is 5. The maximum atomic E-state index is 12.6. The topological polar surface area (TPSA) is 71.7 Å². The molecule has 4 rings (SSSR count). The summed E-state index contributed by atoms with van der Waals surface area (Å²) in [5.74, 6) is 0.680. The first kappa shape index (κ1) is 21.4. The van der Waals surface area contributed by atoms with Crippen LogP contribution in [0.1, 0.15) is 39.5 Å². The second-order valence-corrected chi connectivity index (χ2v) is 8.56. The molecule has 1 fully saturated rings. The molecule has 0 amide bonds. The first-order valence-corrected chi connectivity index (χ1v) is 10.3. The third-order valence-corrected chi connectivity index (χ3v) is 5.83. The van der Waals surface area contributed by atoms with Crippen molar-refractivity contribution in [3.05, 3.63) is 42.7 Å². The van der Waals surface area contributed by atoms with Gasteiger partial charge in [-0.15, -0.1) is 13.2 Å². The Bertz CT molecular complexity index is 1050. The van der Waals surface area contributed by atoms with Crippen LogP contribution < -0.4 is 10.1 Å². The van der Waals surface area contributed by atoms with E-state index in [2.05, 4.69) is 20.1 Å². The fourth-order valence-electron chi connectivity index (χ4n) is 4.17. The highest BCUT2D eigenvalue weighted by molar-refractivity contribution is 5.78. The van der Waals surface area contributed by atoms with Gasteiger partial charge in [-0.25, -0.2) is 9.50 Å². The number of benzene rings is 1. The lowest BCUT2D eigenvalue weighted by atomic mass is 9.77. The molecule has 0 atom stereocenters. The van der Waals surface area contributed by atoms with E-state index in [1.165, 1.54) is 18.2 Å². The predicted octanol–water partition coefficient (Wildman–Crippen LogP) is 5.04.